The lowest BCUT2D eigenvalue weighted by atomic mass is 10.1. The van der Waals surface area contributed by atoms with Crippen LogP contribution in [0.3, 0.4) is 0 Å². The van der Waals surface area contributed by atoms with Crippen molar-refractivity contribution < 1.29 is 32.3 Å². The van der Waals surface area contributed by atoms with Gasteiger partial charge in [0.15, 0.2) is 11.6 Å². The summed E-state index contributed by atoms with van der Waals surface area (Å²) in [5.74, 6) is -1.63. The van der Waals surface area contributed by atoms with Crippen LogP contribution in [0.25, 0.3) is 6.08 Å². The molecule has 0 amide bonds. The average molecular weight is 456 g/mol. The summed E-state index contributed by atoms with van der Waals surface area (Å²) in [6.45, 7) is 8.12. The summed E-state index contributed by atoms with van der Waals surface area (Å²) in [6, 6.07) is 5.08. The van der Waals surface area contributed by atoms with Gasteiger partial charge in [-0.3, -0.25) is 0 Å². The van der Waals surface area contributed by atoms with Crippen molar-refractivity contribution in [3.8, 4) is 5.75 Å². The van der Waals surface area contributed by atoms with Gasteiger partial charge in [0.25, 0.3) is 0 Å². The summed E-state index contributed by atoms with van der Waals surface area (Å²) in [6.07, 6.45) is 8.36. The first-order valence-corrected chi connectivity index (χ1v) is 13.1. The van der Waals surface area contributed by atoms with E-state index < -0.39 is 20.6 Å². The molecular weight excluding hydrogens is 419 g/mol. The second-order valence-corrected chi connectivity index (χ2v) is 9.78. The molecule has 31 heavy (non-hydrogen) atoms. The van der Waals surface area contributed by atoms with Crippen LogP contribution < -0.4 is 9.84 Å². The molecule has 1 aromatic carbocycles. The molecule has 0 aromatic heterocycles. The molecule has 0 unspecified atom stereocenters. The largest absolute Gasteiger partial charge is 0.545 e. The van der Waals surface area contributed by atoms with Crippen LogP contribution in [0.1, 0.15) is 64.9 Å². The second-order valence-electron chi connectivity index (χ2n) is 7.04. The topological polar surface area (TPSA) is 77.1 Å². The van der Waals surface area contributed by atoms with Gasteiger partial charge >= 0.3 is 8.80 Å². The molecule has 0 heterocycles. The van der Waals surface area contributed by atoms with Gasteiger partial charge in [0.1, 0.15) is 0 Å². The Kier molecular flexibility index (Phi) is 14.1. The van der Waals surface area contributed by atoms with Gasteiger partial charge in [0.2, 0.25) is 0 Å². The zero-order valence-corrected chi connectivity index (χ0v) is 20.0. The highest BCUT2D eigenvalue weighted by atomic mass is 28.4. The lowest BCUT2D eigenvalue weighted by Gasteiger charge is -2.28. The van der Waals surface area contributed by atoms with E-state index in [0.717, 1.165) is 50.6 Å². The summed E-state index contributed by atoms with van der Waals surface area (Å²) in [5, 5.41) is 10.5. The Morgan fingerprint density at radius 2 is 1.55 bits per heavy atom. The van der Waals surface area contributed by atoms with E-state index >= 15 is 0 Å². The number of carboxylic acid groups (broad SMARTS) is 1. The molecule has 1 rings (SSSR count). The highest BCUT2D eigenvalue weighted by molar-refractivity contribution is 6.60. The predicted molar refractivity (Wildman–Crippen MR) is 119 cm³/mol. The Hall–Kier alpha value is -1.74. The quantitative estimate of drug-likeness (QED) is 0.186. The molecule has 0 radical (unpaired) electrons. The van der Waals surface area contributed by atoms with Gasteiger partial charge in [-0.2, -0.15) is 0 Å². The van der Waals surface area contributed by atoms with Crippen molar-refractivity contribution in [1.29, 1.82) is 0 Å². The molecule has 176 valence electrons. The number of rotatable bonds is 18. The molecule has 0 bridgehead atoms. The Bertz CT molecular complexity index is 650. The van der Waals surface area contributed by atoms with Crippen LogP contribution in [0.2, 0.25) is 6.04 Å². The van der Waals surface area contributed by atoms with E-state index in [1.54, 1.807) is 0 Å². The van der Waals surface area contributed by atoms with Crippen LogP contribution in [-0.2, 0) is 18.1 Å². The fraction of sp³-hybridized carbons (Fsp3) is 0.609. The number of unbranched alkanes of at least 4 members (excludes halogenated alkanes) is 5. The first kappa shape index (κ1) is 27.3. The normalized spacial score (nSPS) is 11.9. The Morgan fingerprint density at radius 3 is 2.13 bits per heavy atom. The van der Waals surface area contributed by atoms with Crippen LogP contribution in [0.4, 0.5) is 4.39 Å². The molecule has 0 spiro atoms. The summed E-state index contributed by atoms with van der Waals surface area (Å²) in [4.78, 5) is 10.5. The second kappa shape index (κ2) is 16.0. The number of carbonyl (C=O) groups excluding carboxylic acids is 1. The van der Waals surface area contributed by atoms with Crippen LogP contribution in [0.5, 0.6) is 5.75 Å². The molecule has 6 nitrogen and oxygen atoms in total. The number of aliphatic carboxylic acids is 1. The van der Waals surface area contributed by atoms with E-state index in [4.69, 9.17) is 18.0 Å². The highest BCUT2D eigenvalue weighted by Crippen LogP contribution is 2.22. The predicted octanol–water partition coefficient (Wildman–Crippen LogP) is 4.36. The number of benzene rings is 1. The highest BCUT2D eigenvalue weighted by Gasteiger charge is 2.39. The first-order valence-electron chi connectivity index (χ1n) is 11.2. The third kappa shape index (κ3) is 11.4. The fourth-order valence-electron chi connectivity index (χ4n) is 3.23. The van der Waals surface area contributed by atoms with E-state index in [1.165, 1.54) is 24.3 Å². The van der Waals surface area contributed by atoms with Crippen molar-refractivity contribution in [3.05, 3.63) is 35.7 Å². The molecular formula is C23H36FO6Si-. The lowest BCUT2D eigenvalue weighted by Crippen LogP contribution is -2.45. The zero-order chi connectivity index (χ0) is 23.0. The van der Waals surface area contributed by atoms with Gasteiger partial charge in [0.05, 0.1) is 12.6 Å². The monoisotopic (exact) mass is 455 g/mol. The van der Waals surface area contributed by atoms with Crippen LogP contribution in [-0.4, -0.2) is 41.2 Å². The van der Waals surface area contributed by atoms with E-state index in [-0.39, 0.29) is 5.75 Å². The van der Waals surface area contributed by atoms with Crippen molar-refractivity contribution in [1.82, 2.24) is 0 Å². The zero-order valence-electron chi connectivity index (χ0n) is 19.0. The SMILES string of the molecule is CCO[Si](CCCCCCCCOc1cc(/C=C/C(=O)[O-])ccc1F)(OCC)OCC. The molecule has 0 atom stereocenters. The number of carboxylic acids is 1. The molecule has 0 aliphatic rings. The third-order valence-corrected chi connectivity index (χ3v) is 7.75. The molecule has 8 heteroatoms. The van der Waals surface area contributed by atoms with E-state index in [9.17, 15) is 14.3 Å². The van der Waals surface area contributed by atoms with Crippen molar-refractivity contribution >= 4 is 20.8 Å². The number of halogens is 1. The van der Waals surface area contributed by atoms with Gasteiger partial charge in [-0.25, -0.2) is 4.39 Å². The maximum atomic E-state index is 13.8. The molecule has 0 saturated carbocycles. The van der Waals surface area contributed by atoms with Gasteiger partial charge in [0, 0.05) is 25.9 Å². The molecule has 1 aromatic rings. The standard InChI is InChI=1S/C23H37FO6Si/c1-4-28-31(29-5-2,30-6-3)18-12-10-8-7-9-11-17-27-22-19-20(13-15-21(22)24)14-16-23(25)26/h13-16,19H,4-12,17-18H2,1-3H3,(H,25,26)/p-1/b16-14+. The van der Waals surface area contributed by atoms with Crippen molar-refractivity contribution in [3.63, 3.8) is 0 Å². The van der Waals surface area contributed by atoms with Gasteiger partial charge in [-0.15, -0.1) is 0 Å². The maximum Gasteiger partial charge on any atom is 0.500 e. The summed E-state index contributed by atoms with van der Waals surface area (Å²) >= 11 is 0. The van der Waals surface area contributed by atoms with Crippen LogP contribution in [0, 0.1) is 5.82 Å². The van der Waals surface area contributed by atoms with Crippen LogP contribution >= 0.6 is 0 Å². The maximum absolute atomic E-state index is 13.8. The molecule has 0 saturated heterocycles. The Labute approximate surface area is 186 Å². The minimum Gasteiger partial charge on any atom is -0.545 e. The van der Waals surface area contributed by atoms with Gasteiger partial charge in [-0.05, 0) is 57.4 Å². The van der Waals surface area contributed by atoms with Gasteiger partial charge < -0.3 is 27.9 Å². The Morgan fingerprint density at radius 1 is 0.968 bits per heavy atom. The van der Waals surface area contributed by atoms with Crippen molar-refractivity contribution in [2.24, 2.45) is 0 Å². The lowest BCUT2D eigenvalue weighted by molar-refractivity contribution is -0.297. The minimum atomic E-state index is -2.53. The number of ether oxygens (including phenoxy) is 1. The minimum absolute atomic E-state index is 0.129. The van der Waals surface area contributed by atoms with Gasteiger partial charge in [-0.1, -0.05) is 37.8 Å². The Balaban J connectivity index is 2.25. The average Bonchev–Trinajstić information content (AvgIpc) is 2.73. The molecule has 0 aliphatic heterocycles. The molecule has 0 N–H and O–H groups in total. The number of carbonyl (C=O) groups is 1. The number of hydrogen-bond donors (Lipinski definition) is 0. The third-order valence-electron chi connectivity index (χ3n) is 4.59. The summed E-state index contributed by atoms with van der Waals surface area (Å²) in [5.41, 5.74) is 0.548. The number of hydrogen-bond acceptors (Lipinski definition) is 6. The fourth-order valence-corrected chi connectivity index (χ4v) is 5.92. The van der Waals surface area contributed by atoms with E-state index in [2.05, 4.69) is 0 Å². The molecule has 0 aliphatic carbocycles. The summed E-state index contributed by atoms with van der Waals surface area (Å²) in [7, 11) is -2.53. The summed E-state index contributed by atoms with van der Waals surface area (Å²) < 4.78 is 37.0. The molecule has 0 fully saturated rings. The van der Waals surface area contributed by atoms with Crippen molar-refractivity contribution in [2.75, 3.05) is 26.4 Å². The van der Waals surface area contributed by atoms with Crippen molar-refractivity contribution in [2.45, 2.75) is 65.3 Å². The smallest absolute Gasteiger partial charge is 0.500 e. The first-order chi connectivity index (χ1) is 15.0. The van der Waals surface area contributed by atoms with E-state index in [1.807, 2.05) is 20.8 Å². The van der Waals surface area contributed by atoms with Crippen LogP contribution in [0.15, 0.2) is 24.3 Å². The van der Waals surface area contributed by atoms with E-state index in [0.29, 0.717) is 32.0 Å².